The minimum absolute atomic E-state index is 0.430. The Hall–Kier alpha value is -2.39. The molecule has 6 nitrogen and oxygen atoms in total. The smallest absolute Gasteiger partial charge is 0.313 e. The molecule has 0 atom stereocenters. The molecule has 1 N–H and O–H groups in total. The van der Waals surface area contributed by atoms with Crippen LogP contribution in [0.25, 0.3) is 0 Å². The predicted octanol–water partition coefficient (Wildman–Crippen LogP) is 0.356. The highest BCUT2D eigenvalue weighted by Gasteiger charge is 2.23. The maximum absolute atomic E-state index is 11.8. The number of nitrogens with one attached hydrogen (secondary N) is 1. The van der Waals surface area contributed by atoms with E-state index in [2.05, 4.69) is 5.32 Å². The number of nitriles is 1. The number of ether oxygens (including phenoxy) is 1. The van der Waals surface area contributed by atoms with Crippen LogP contribution in [-0.2, 0) is 14.3 Å². The molecule has 1 aromatic carbocycles. The van der Waals surface area contributed by atoms with Crippen LogP contribution in [0.1, 0.15) is 5.56 Å². The molecular weight excluding hydrogens is 246 g/mol. The number of carbonyl (C=O) groups excluding carboxylic acids is 2. The van der Waals surface area contributed by atoms with Crippen molar-refractivity contribution < 1.29 is 14.3 Å². The Balaban J connectivity index is 1.95. The standard InChI is InChI=1S/C13H13N3O3/c14-9-10-1-3-11(4-2-10)15-12(17)13(18)16-5-7-19-8-6-16/h1-4H,5-8H2,(H,15,17). The zero-order valence-corrected chi connectivity index (χ0v) is 10.3. The number of anilines is 1. The summed E-state index contributed by atoms with van der Waals surface area (Å²) in [5, 5.41) is 11.2. The van der Waals surface area contributed by atoms with Crippen LogP contribution in [0.5, 0.6) is 0 Å². The summed E-state index contributed by atoms with van der Waals surface area (Å²) in [5.74, 6) is -1.24. The summed E-state index contributed by atoms with van der Waals surface area (Å²) in [7, 11) is 0. The molecule has 0 aliphatic carbocycles. The van der Waals surface area contributed by atoms with E-state index in [1.54, 1.807) is 24.3 Å². The fraction of sp³-hybridized carbons (Fsp3) is 0.308. The topological polar surface area (TPSA) is 82.4 Å². The third-order valence-electron chi connectivity index (χ3n) is 2.76. The van der Waals surface area contributed by atoms with E-state index >= 15 is 0 Å². The Kier molecular flexibility index (Phi) is 4.11. The number of hydrogen-bond acceptors (Lipinski definition) is 4. The predicted molar refractivity (Wildman–Crippen MR) is 67.2 cm³/mol. The van der Waals surface area contributed by atoms with Crippen LogP contribution in [0, 0.1) is 11.3 Å². The van der Waals surface area contributed by atoms with Crippen molar-refractivity contribution in [2.45, 2.75) is 0 Å². The minimum Gasteiger partial charge on any atom is -0.378 e. The van der Waals surface area contributed by atoms with E-state index < -0.39 is 11.8 Å². The fourth-order valence-corrected chi connectivity index (χ4v) is 1.72. The Morgan fingerprint density at radius 2 is 1.84 bits per heavy atom. The third-order valence-corrected chi connectivity index (χ3v) is 2.76. The second kappa shape index (κ2) is 5.98. The van der Waals surface area contributed by atoms with Crippen molar-refractivity contribution in [3.05, 3.63) is 29.8 Å². The lowest BCUT2D eigenvalue weighted by atomic mass is 10.2. The summed E-state index contributed by atoms with van der Waals surface area (Å²) in [6.45, 7) is 1.77. The molecule has 0 saturated carbocycles. The third kappa shape index (κ3) is 3.30. The first-order chi connectivity index (χ1) is 9.20. The first-order valence-corrected chi connectivity index (χ1v) is 5.89. The zero-order chi connectivity index (χ0) is 13.7. The van der Waals surface area contributed by atoms with Crippen LogP contribution < -0.4 is 5.32 Å². The molecular formula is C13H13N3O3. The van der Waals surface area contributed by atoms with Crippen LogP contribution in [0.2, 0.25) is 0 Å². The fourth-order valence-electron chi connectivity index (χ4n) is 1.72. The van der Waals surface area contributed by atoms with Crippen molar-refractivity contribution in [1.82, 2.24) is 4.90 Å². The molecule has 1 aliphatic heterocycles. The quantitative estimate of drug-likeness (QED) is 0.738. The van der Waals surface area contributed by atoms with Gasteiger partial charge in [-0.25, -0.2) is 0 Å². The lowest BCUT2D eigenvalue weighted by Crippen LogP contribution is -2.45. The molecule has 0 unspecified atom stereocenters. The average Bonchev–Trinajstić information content (AvgIpc) is 2.48. The van der Waals surface area contributed by atoms with Gasteiger partial charge in [0.05, 0.1) is 24.8 Å². The van der Waals surface area contributed by atoms with Crippen LogP contribution in [-0.4, -0.2) is 43.0 Å². The van der Waals surface area contributed by atoms with E-state index in [-0.39, 0.29) is 0 Å². The Bertz CT molecular complexity index is 513. The number of amides is 2. The van der Waals surface area contributed by atoms with Gasteiger partial charge in [-0.3, -0.25) is 9.59 Å². The summed E-state index contributed by atoms with van der Waals surface area (Å²) in [5.41, 5.74) is 0.989. The molecule has 6 heteroatoms. The number of hydrogen-bond donors (Lipinski definition) is 1. The number of morpholine rings is 1. The molecule has 0 spiro atoms. The van der Waals surface area contributed by atoms with Crippen LogP contribution in [0.4, 0.5) is 5.69 Å². The maximum atomic E-state index is 11.8. The molecule has 2 amide bonds. The number of nitrogens with zero attached hydrogens (tertiary/aromatic N) is 2. The lowest BCUT2D eigenvalue weighted by Gasteiger charge is -2.26. The average molecular weight is 259 g/mol. The minimum atomic E-state index is -0.674. The van der Waals surface area contributed by atoms with Crippen molar-refractivity contribution in [1.29, 1.82) is 5.26 Å². The SMILES string of the molecule is N#Cc1ccc(NC(=O)C(=O)N2CCOCC2)cc1. The lowest BCUT2D eigenvalue weighted by molar-refractivity contribution is -0.145. The van der Waals surface area contributed by atoms with Crippen LogP contribution in [0.15, 0.2) is 24.3 Å². The largest absolute Gasteiger partial charge is 0.378 e. The van der Waals surface area contributed by atoms with Gasteiger partial charge in [-0.2, -0.15) is 5.26 Å². The van der Waals surface area contributed by atoms with Crippen molar-refractivity contribution >= 4 is 17.5 Å². The molecule has 98 valence electrons. The van der Waals surface area contributed by atoms with Crippen LogP contribution in [0.3, 0.4) is 0 Å². The van der Waals surface area contributed by atoms with Crippen LogP contribution >= 0.6 is 0 Å². The summed E-state index contributed by atoms with van der Waals surface area (Å²) in [6.07, 6.45) is 0. The molecule has 0 radical (unpaired) electrons. The molecule has 0 bridgehead atoms. The molecule has 1 saturated heterocycles. The van der Waals surface area contributed by atoms with E-state index in [4.69, 9.17) is 10.00 Å². The monoisotopic (exact) mass is 259 g/mol. The summed E-state index contributed by atoms with van der Waals surface area (Å²) < 4.78 is 5.12. The maximum Gasteiger partial charge on any atom is 0.313 e. The molecule has 1 aromatic rings. The van der Waals surface area contributed by atoms with Crippen molar-refractivity contribution in [3.8, 4) is 6.07 Å². The molecule has 1 fully saturated rings. The zero-order valence-electron chi connectivity index (χ0n) is 10.3. The van der Waals surface area contributed by atoms with E-state index in [9.17, 15) is 9.59 Å². The summed E-state index contributed by atoms with van der Waals surface area (Å²) in [6, 6.07) is 8.31. The summed E-state index contributed by atoms with van der Waals surface area (Å²) >= 11 is 0. The summed E-state index contributed by atoms with van der Waals surface area (Å²) in [4.78, 5) is 25.1. The molecule has 1 heterocycles. The van der Waals surface area contributed by atoms with Crippen molar-refractivity contribution in [2.24, 2.45) is 0 Å². The highest BCUT2D eigenvalue weighted by Crippen LogP contribution is 2.09. The Morgan fingerprint density at radius 3 is 2.42 bits per heavy atom. The Morgan fingerprint density at radius 1 is 1.21 bits per heavy atom. The molecule has 0 aromatic heterocycles. The van der Waals surface area contributed by atoms with Gasteiger partial charge in [0.25, 0.3) is 0 Å². The van der Waals surface area contributed by atoms with E-state index in [1.165, 1.54) is 4.90 Å². The number of carbonyl (C=O) groups is 2. The van der Waals surface area contributed by atoms with Gasteiger partial charge < -0.3 is 15.0 Å². The van der Waals surface area contributed by atoms with Gasteiger partial charge in [0.15, 0.2) is 0 Å². The number of rotatable bonds is 1. The Labute approximate surface area is 110 Å². The van der Waals surface area contributed by atoms with Gasteiger partial charge in [-0.05, 0) is 24.3 Å². The molecule has 2 rings (SSSR count). The normalized spacial score (nSPS) is 14.6. The second-order valence-electron chi connectivity index (χ2n) is 4.05. The van der Waals surface area contributed by atoms with Gasteiger partial charge >= 0.3 is 11.8 Å². The van der Waals surface area contributed by atoms with Gasteiger partial charge in [0, 0.05) is 18.8 Å². The van der Waals surface area contributed by atoms with E-state index in [0.717, 1.165) is 0 Å². The highest BCUT2D eigenvalue weighted by molar-refractivity contribution is 6.39. The second-order valence-corrected chi connectivity index (χ2v) is 4.05. The van der Waals surface area contributed by atoms with E-state index in [0.29, 0.717) is 37.6 Å². The first kappa shape index (κ1) is 13.1. The number of benzene rings is 1. The molecule has 1 aliphatic rings. The van der Waals surface area contributed by atoms with Gasteiger partial charge in [-0.1, -0.05) is 0 Å². The highest BCUT2D eigenvalue weighted by atomic mass is 16.5. The van der Waals surface area contributed by atoms with Gasteiger partial charge in [0.1, 0.15) is 0 Å². The van der Waals surface area contributed by atoms with Crippen molar-refractivity contribution in [3.63, 3.8) is 0 Å². The molecule has 19 heavy (non-hydrogen) atoms. The first-order valence-electron chi connectivity index (χ1n) is 5.89. The van der Waals surface area contributed by atoms with Gasteiger partial charge in [-0.15, -0.1) is 0 Å². The van der Waals surface area contributed by atoms with Crippen molar-refractivity contribution in [2.75, 3.05) is 31.6 Å². The van der Waals surface area contributed by atoms with E-state index in [1.807, 2.05) is 6.07 Å². The van der Waals surface area contributed by atoms with Gasteiger partial charge in [0.2, 0.25) is 0 Å².